The largest absolute Gasteiger partial charge is 0.253 e. The van der Waals surface area contributed by atoms with Crippen molar-refractivity contribution in [3.63, 3.8) is 0 Å². The van der Waals surface area contributed by atoms with Crippen LogP contribution in [0, 0.1) is 0 Å². The second-order valence-electron chi connectivity index (χ2n) is 7.37. The molecule has 0 aliphatic heterocycles. The number of rotatable bonds is 0. The first-order chi connectivity index (χ1) is 16.9. The zero-order valence-corrected chi connectivity index (χ0v) is 18.2. The molecule has 6 nitrogen and oxygen atoms in total. The van der Waals surface area contributed by atoms with Gasteiger partial charge in [-0.25, -0.2) is 19.9 Å². The highest BCUT2D eigenvalue weighted by Crippen LogP contribution is 2.22. The molecule has 0 unspecified atom stereocenters. The molecule has 6 heteroatoms. The van der Waals surface area contributed by atoms with Gasteiger partial charge in [0.1, 0.15) is 12.7 Å². The molecule has 0 N–H and O–H groups in total. The molecular weight excluding hydrogens is 420 g/mol. The molecule has 0 amide bonds. The Bertz CT molecular complexity index is 1430. The summed E-state index contributed by atoms with van der Waals surface area (Å²) in [7, 11) is 0. The monoisotopic (exact) mass is 440 g/mol. The topological polar surface area (TPSA) is 77.3 Å². The molecule has 162 valence electrons. The Morgan fingerprint density at radius 3 is 1.71 bits per heavy atom. The standard InChI is InChI=1S/C12H8N2.2C8H6N2/c1-2-4-11-9(3-1)5-6-10-7-13-8-14-12(10)11;1-2-4-8-7(3-1)5-9-6-10-8;1-2-4-8-7(3-1)9-5-6-10-8/h1-8H;2*1-6H. The summed E-state index contributed by atoms with van der Waals surface area (Å²) in [6.45, 7) is 0. The minimum absolute atomic E-state index is 0.949. The highest BCUT2D eigenvalue weighted by Gasteiger charge is 1.99. The van der Waals surface area contributed by atoms with Gasteiger partial charge in [-0.05, 0) is 23.6 Å². The van der Waals surface area contributed by atoms with Crippen molar-refractivity contribution in [1.29, 1.82) is 0 Å². The van der Waals surface area contributed by atoms with Crippen LogP contribution in [0.15, 0.2) is 122 Å². The minimum Gasteiger partial charge on any atom is -0.253 e. The van der Waals surface area contributed by atoms with E-state index >= 15 is 0 Å². The summed E-state index contributed by atoms with van der Waals surface area (Å²) < 4.78 is 0. The second kappa shape index (κ2) is 10.2. The number of benzene rings is 4. The number of hydrogen-bond acceptors (Lipinski definition) is 6. The first-order valence-corrected chi connectivity index (χ1v) is 10.8. The van der Waals surface area contributed by atoms with E-state index in [2.05, 4.69) is 54.2 Å². The van der Waals surface area contributed by atoms with Crippen LogP contribution in [0.25, 0.3) is 43.6 Å². The number of fused-ring (bicyclic) bond motifs is 5. The normalized spacial score (nSPS) is 10.4. The van der Waals surface area contributed by atoms with E-state index in [0.717, 1.165) is 32.8 Å². The van der Waals surface area contributed by atoms with E-state index in [1.807, 2.05) is 73.1 Å². The average molecular weight is 441 g/mol. The fourth-order valence-corrected chi connectivity index (χ4v) is 3.56. The predicted octanol–water partition coefficient (Wildman–Crippen LogP) is 6.04. The summed E-state index contributed by atoms with van der Waals surface area (Å²) in [6, 6.07) is 28.1. The van der Waals surface area contributed by atoms with Gasteiger partial charge in [-0.3, -0.25) is 9.97 Å². The van der Waals surface area contributed by atoms with E-state index in [9.17, 15) is 0 Å². The molecule has 0 saturated heterocycles. The van der Waals surface area contributed by atoms with Crippen LogP contribution in [0.2, 0.25) is 0 Å². The molecule has 0 aliphatic rings. The first kappa shape index (κ1) is 21.0. The Labute approximate surface area is 196 Å². The molecule has 0 fully saturated rings. The molecule has 0 spiro atoms. The number of nitrogens with zero attached hydrogens (tertiary/aromatic N) is 6. The van der Waals surface area contributed by atoms with Crippen LogP contribution in [-0.2, 0) is 0 Å². The predicted molar refractivity (Wildman–Crippen MR) is 136 cm³/mol. The zero-order chi connectivity index (χ0) is 23.0. The van der Waals surface area contributed by atoms with Crippen LogP contribution in [0.4, 0.5) is 0 Å². The van der Waals surface area contributed by atoms with Gasteiger partial charge in [0.25, 0.3) is 0 Å². The quantitative estimate of drug-likeness (QED) is 0.268. The van der Waals surface area contributed by atoms with Crippen molar-refractivity contribution in [2.24, 2.45) is 0 Å². The third-order valence-electron chi connectivity index (χ3n) is 5.19. The summed E-state index contributed by atoms with van der Waals surface area (Å²) in [5.41, 5.74) is 3.92. The molecule has 0 atom stereocenters. The highest BCUT2D eigenvalue weighted by molar-refractivity contribution is 6.04. The SMILES string of the molecule is c1ccc2c(c1)ccc1cncnc12.c1ccc2nccnc2c1.c1ccc2ncncc2c1. The third-order valence-corrected chi connectivity index (χ3v) is 5.19. The van der Waals surface area contributed by atoms with E-state index in [1.54, 1.807) is 25.0 Å². The fourth-order valence-electron chi connectivity index (χ4n) is 3.56. The van der Waals surface area contributed by atoms with Gasteiger partial charge in [0.15, 0.2) is 0 Å². The molecule has 7 aromatic rings. The Kier molecular flexibility index (Phi) is 6.30. The Hall–Kier alpha value is -4.84. The highest BCUT2D eigenvalue weighted by atomic mass is 14.8. The lowest BCUT2D eigenvalue weighted by molar-refractivity contribution is 1.22. The summed E-state index contributed by atoms with van der Waals surface area (Å²) in [5.74, 6) is 0. The Morgan fingerprint density at radius 1 is 0.412 bits per heavy atom. The van der Waals surface area contributed by atoms with Crippen molar-refractivity contribution in [3.8, 4) is 0 Å². The number of hydrogen-bond donors (Lipinski definition) is 0. The van der Waals surface area contributed by atoms with E-state index in [1.165, 1.54) is 10.8 Å². The van der Waals surface area contributed by atoms with E-state index < -0.39 is 0 Å². The summed E-state index contributed by atoms with van der Waals surface area (Å²) >= 11 is 0. The van der Waals surface area contributed by atoms with Crippen molar-refractivity contribution in [2.45, 2.75) is 0 Å². The maximum absolute atomic E-state index is 4.30. The van der Waals surface area contributed by atoms with Crippen LogP contribution in [0.1, 0.15) is 0 Å². The maximum Gasteiger partial charge on any atom is 0.116 e. The second-order valence-corrected chi connectivity index (χ2v) is 7.37. The molecule has 3 heterocycles. The number of para-hydroxylation sites is 3. The summed E-state index contributed by atoms with van der Waals surface area (Å²) in [6.07, 6.45) is 10.2. The molecule has 7 rings (SSSR count). The van der Waals surface area contributed by atoms with Crippen LogP contribution in [0.3, 0.4) is 0 Å². The molecular formula is C28H20N6. The molecule has 0 bridgehead atoms. The number of aromatic nitrogens is 6. The van der Waals surface area contributed by atoms with Gasteiger partial charge in [-0.15, -0.1) is 0 Å². The van der Waals surface area contributed by atoms with Crippen molar-refractivity contribution in [2.75, 3.05) is 0 Å². The van der Waals surface area contributed by atoms with E-state index in [4.69, 9.17) is 0 Å². The fraction of sp³-hybridized carbons (Fsp3) is 0. The van der Waals surface area contributed by atoms with Crippen molar-refractivity contribution < 1.29 is 0 Å². The van der Waals surface area contributed by atoms with Crippen molar-refractivity contribution >= 4 is 43.6 Å². The lowest BCUT2D eigenvalue weighted by Gasteiger charge is -2.00. The van der Waals surface area contributed by atoms with Gasteiger partial charge in [0.05, 0.1) is 22.1 Å². The van der Waals surface area contributed by atoms with Gasteiger partial charge < -0.3 is 0 Å². The molecule has 34 heavy (non-hydrogen) atoms. The average Bonchev–Trinajstić information content (AvgIpc) is 2.94. The third kappa shape index (κ3) is 4.81. The van der Waals surface area contributed by atoms with Crippen LogP contribution < -0.4 is 0 Å². The van der Waals surface area contributed by atoms with E-state index in [0.29, 0.717) is 0 Å². The molecule has 4 aromatic carbocycles. The molecule has 0 radical (unpaired) electrons. The Morgan fingerprint density at radius 2 is 0.971 bits per heavy atom. The van der Waals surface area contributed by atoms with E-state index in [-0.39, 0.29) is 0 Å². The van der Waals surface area contributed by atoms with Crippen LogP contribution in [-0.4, -0.2) is 29.9 Å². The Balaban J connectivity index is 0.000000109. The lowest BCUT2D eigenvalue weighted by Crippen LogP contribution is -1.82. The molecule has 0 saturated carbocycles. The van der Waals surface area contributed by atoms with Crippen LogP contribution >= 0.6 is 0 Å². The first-order valence-electron chi connectivity index (χ1n) is 10.8. The van der Waals surface area contributed by atoms with Gasteiger partial charge >= 0.3 is 0 Å². The molecule has 3 aromatic heterocycles. The summed E-state index contributed by atoms with van der Waals surface area (Å²) in [5, 5.41) is 4.59. The lowest BCUT2D eigenvalue weighted by atomic mass is 10.1. The summed E-state index contributed by atoms with van der Waals surface area (Å²) in [4.78, 5) is 24.5. The van der Waals surface area contributed by atoms with Crippen LogP contribution in [0.5, 0.6) is 0 Å². The van der Waals surface area contributed by atoms with Crippen molar-refractivity contribution in [1.82, 2.24) is 29.9 Å². The van der Waals surface area contributed by atoms with Gasteiger partial charge in [0, 0.05) is 40.9 Å². The van der Waals surface area contributed by atoms with Gasteiger partial charge in [-0.1, -0.05) is 66.7 Å². The minimum atomic E-state index is 0.949. The van der Waals surface area contributed by atoms with Crippen molar-refractivity contribution in [3.05, 3.63) is 122 Å². The maximum atomic E-state index is 4.30. The van der Waals surface area contributed by atoms with Gasteiger partial charge in [-0.2, -0.15) is 0 Å². The zero-order valence-electron chi connectivity index (χ0n) is 18.2. The van der Waals surface area contributed by atoms with Gasteiger partial charge in [0.2, 0.25) is 0 Å². The molecule has 0 aliphatic carbocycles. The smallest absolute Gasteiger partial charge is 0.116 e.